The van der Waals surface area contributed by atoms with Gasteiger partial charge in [-0.05, 0) is 54.1 Å². The average molecular weight is 393 g/mol. The molecular weight excluding hydrogens is 378 g/mol. The summed E-state index contributed by atoms with van der Waals surface area (Å²) in [6.45, 7) is -0.0442. The number of halogens is 4. The largest absolute Gasteiger partial charge is 0.486 e. The Labute approximate surface area is 157 Å². The third kappa shape index (κ3) is 5.12. The Bertz CT molecular complexity index is 949. The molecule has 0 spiro atoms. The second-order valence-corrected chi connectivity index (χ2v) is 5.89. The van der Waals surface area contributed by atoms with Crippen molar-refractivity contribution in [2.45, 2.75) is 19.3 Å². The molecule has 1 heterocycles. The van der Waals surface area contributed by atoms with Gasteiger partial charge in [0, 0.05) is 6.54 Å². The lowest BCUT2D eigenvalue weighted by atomic mass is 10.1. The molecule has 0 fully saturated rings. The van der Waals surface area contributed by atoms with Crippen LogP contribution in [0.25, 0.3) is 0 Å². The molecule has 0 saturated carbocycles. The lowest BCUT2D eigenvalue weighted by Gasteiger charge is -2.09. The van der Waals surface area contributed by atoms with Crippen molar-refractivity contribution in [3.63, 3.8) is 0 Å². The first kappa shape index (κ1) is 19.5. The van der Waals surface area contributed by atoms with Gasteiger partial charge in [-0.1, -0.05) is 12.1 Å². The van der Waals surface area contributed by atoms with Gasteiger partial charge in [0.15, 0.2) is 5.76 Å². The molecule has 1 N–H and O–H groups in total. The number of nitrogens with one attached hydrogen (secondary N) is 1. The molecule has 146 valence electrons. The van der Waals surface area contributed by atoms with Crippen LogP contribution in [-0.2, 0) is 19.3 Å². The van der Waals surface area contributed by atoms with Gasteiger partial charge in [-0.2, -0.15) is 13.2 Å². The lowest BCUT2D eigenvalue weighted by Crippen LogP contribution is -2.22. The lowest BCUT2D eigenvalue weighted by molar-refractivity contribution is -0.137. The Morgan fingerprint density at radius 1 is 1.04 bits per heavy atom. The first-order valence-corrected chi connectivity index (χ1v) is 8.23. The van der Waals surface area contributed by atoms with Crippen LogP contribution < -0.4 is 10.1 Å². The molecule has 2 aromatic carbocycles. The Morgan fingerprint density at radius 2 is 1.79 bits per heavy atom. The normalized spacial score (nSPS) is 11.3. The molecule has 3 rings (SSSR count). The van der Waals surface area contributed by atoms with Gasteiger partial charge in [-0.25, -0.2) is 4.39 Å². The Balaban J connectivity index is 1.55. The number of alkyl halides is 3. The van der Waals surface area contributed by atoms with Crippen molar-refractivity contribution in [3.8, 4) is 5.75 Å². The van der Waals surface area contributed by atoms with Crippen molar-refractivity contribution in [2.75, 3.05) is 0 Å². The maximum Gasteiger partial charge on any atom is 0.416 e. The third-order valence-corrected chi connectivity index (χ3v) is 3.79. The van der Waals surface area contributed by atoms with Crippen LogP contribution in [0.15, 0.2) is 65.1 Å². The molecular formula is C20H15F4NO3. The monoisotopic (exact) mass is 393 g/mol. The summed E-state index contributed by atoms with van der Waals surface area (Å²) in [7, 11) is 0. The van der Waals surface area contributed by atoms with Crippen LogP contribution in [-0.4, -0.2) is 5.91 Å². The van der Waals surface area contributed by atoms with Crippen molar-refractivity contribution in [3.05, 3.63) is 89.1 Å². The number of benzene rings is 2. The number of carbonyl (C=O) groups excluding carboxylic acids is 1. The van der Waals surface area contributed by atoms with Gasteiger partial charge in [0.1, 0.15) is 23.9 Å². The molecule has 0 aliphatic carbocycles. The van der Waals surface area contributed by atoms with E-state index in [-0.39, 0.29) is 24.7 Å². The fourth-order valence-corrected chi connectivity index (χ4v) is 2.39. The highest BCUT2D eigenvalue weighted by molar-refractivity contribution is 5.91. The smallest absolute Gasteiger partial charge is 0.416 e. The molecule has 1 amide bonds. The van der Waals surface area contributed by atoms with Crippen molar-refractivity contribution in [1.29, 1.82) is 0 Å². The van der Waals surface area contributed by atoms with Crippen molar-refractivity contribution in [2.24, 2.45) is 0 Å². The molecule has 0 bridgehead atoms. The number of hydrogen-bond acceptors (Lipinski definition) is 3. The van der Waals surface area contributed by atoms with Gasteiger partial charge in [0.25, 0.3) is 5.91 Å². The summed E-state index contributed by atoms with van der Waals surface area (Å²) >= 11 is 0. The van der Waals surface area contributed by atoms with E-state index in [1.54, 1.807) is 6.07 Å². The summed E-state index contributed by atoms with van der Waals surface area (Å²) in [5, 5.41) is 2.50. The van der Waals surface area contributed by atoms with Gasteiger partial charge in [0.2, 0.25) is 0 Å². The van der Waals surface area contributed by atoms with Gasteiger partial charge in [-0.15, -0.1) is 0 Å². The van der Waals surface area contributed by atoms with E-state index in [0.29, 0.717) is 17.1 Å². The van der Waals surface area contributed by atoms with Crippen LogP contribution in [0.4, 0.5) is 17.6 Å². The predicted molar refractivity (Wildman–Crippen MR) is 92.1 cm³/mol. The van der Waals surface area contributed by atoms with E-state index in [0.717, 1.165) is 12.1 Å². The topological polar surface area (TPSA) is 51.5 Å². The molecule has 0 aliphatic rings. The summed E-state index contributed by atoms with van der Waals surface area (Å²) in [5.41, 5.74) is -0.466. The average Bonchev–Trinajstić information content (AvgIpc) is 3.14. The van der Waals surface area contributed by atoms with Crippen LogP contribution in [0.2, 0.25) is 0 Å². The maximum atomic E-state index is 12.8. The summed E-state index contributed by atoms with van der Waals surface area (Å²) in [5.74, 6) is -0.137. The predicted octanol–water partition coefficient (Wildman–Crippen LogP) is 4.95. The molecule has 1 aromatic heterocycles. The van der Waals surface area contributed by atoms with Crippen molar-refractivity contribution < 1.29 is 31.5 Å². The first-order valence-electron chi connectivity index (χ1n) is 8.23. The molecule has 0 unspecified atom stereocenters. The number of hydrogen-bond donors (Lipinski definition) is 1. The summed E-state index contributed by atoms with van der Waals surface area (Å²) in [6.07, 6.45) is -4.44. The summed E-state index contributed by atoms with van der Waals surface area (Å²) < 4.78 is 61.8. The van der Waals surface area contributed by atoms with Gasteiger partial charge in [-0.3, -0.25) is 4.79 Å². The molecule has 4 nitrogen and oxygen atoms in total. The number of furan rings is 1. The zero-order valence-corrected chi connectivity index (χ0v) is 14.4. The maximum absolute atomic E-state index is 12.8. The molecule has 0 saturated heterocycles. The zero-order valence-electron chi connectivity index (χ0n) is 14.4. The minimum absolute atomic E-state index is 0.00434. The second kappa shape index (κ2) is 8.16. The fourth-order valence-electron chi connectivity index (χ4n) is 2.39. The highest BCUT2D eigenvalue weighted by atomic mass is 19.4. The van der Waals surface area contributed by atoms with Crippen LogP contribution >= 0.6 is 0 Å². The quantitative estimate of drug-likeness (QED) is 0.603. The van der Waals surface area contributed by atoms with Crippen LogP contribution in [0.5, 0.6) is 5.75 Å². The highest BCUT2D eigenvalue weighted by Crippen LogP contribution is 2.29. The van der Waals surface area contributed by atoms with Gasteiger partial charge >= 0.3 is 6.18 Å². The summed E-state index contributed by atoms with van der Waals surface area (Å²) in [4.78, 5) is 12.1. The van der Waals surface area contributed by atoms with Gasteiger partial charge in [0.05, 0.1) is 5.56 Å². The first-order chi connectivity index (χ1) is 13.3. The highest BCUT2D eigenvalue weighted by Gasteiger charge is 2.30. The van der Waals surface area contributed by atoms with Crippen LogP contribution in [0.3, 0.4) is 0 Å². The van der Waals surface area contributed by atoms with Crippen molar-refractivity contribution >= 4 is 5.91 Å². The van der Waals surface area contributed by atoms with E-state index < -0.39 is 17.6 Å². The number of rotatable bonds is 6. The number of amides is 1. The molecule has 0 atom stereocenters. The second-order valence-electron chi connectivity index (χ2n) is 5.89. The SMILES string of the molecule is O=C(NCc1cccc(C(F)(F)F)c1)c1ccc(COc2ccc(F)cc2)o1. The van der Waals surface area contributed by atoms with E-state index in [2.05, 4.69) is 5.32 Å². The van der Waals surface area contributed by atoms with Crippen LogP contribution in [0, 0.1) is 5.82 Å². The van der Waals surface area contributed by atoms with Crippen LogP contribution in [0.1, 0.15) is 27.4 Å². The minimum atomic E-state index is -4.44. The van der Waals surface area contributed by atoms with E-state index in [1.165, 1.54) is 42.5 Å². The number of carbonyl (C=O) groups is 1. The van der Waals surface area contributed by atoms with Crippen molar-refractivity contribution in [1.82, 2.24) is 5.32 Å². The molecule has 3 aromatic rings. The zero-order chi connectivity index (χ0) is 20.1. The third-order valence-electron chi connectivity index (χ3n) is 3.79. The Morgan fingerprint density at radius 3 is 2.50 bits per heavy atom. The number of ether oxygens (including phenoxy) is 1. The van der Waals surface area contributed by atoms with Gasteiger partial charge < -0.3 is 14.5 Å². The van der Waals surface area contributed by atoms with E-state index >= 15 is 0 Å². The van der Waals surface area contributed by atoms with E-state index in [4.69, 9.17) is 9.15 Å². The molecule has 0 aliphatic heterocycles. The molecule has 0 radical (unpaired) electrons. The standard InChI is InChI=1S/C20H15F4NO3/c21-15-4-6-16(7-5-15)27-12-17-8-9-18(28-17)19(26)25-11-13-2-1-3-14(10-13)20(22,23)24/h1-10H,11-12H2,(H,25,26). The fraction of sp³-hybridized carbons (Fsp3) is 0.150. The van der Waals surface area contributed by atoms with E-state index in [1.807, 2.05) is 0 Å². The van der Waals surface area contributed by atoms with E-state index in [9.17, 15) is 22.4 Å². The Hall–Kier alpha value is -3.29. The Kier molecular flexibility index (Phi) is 5.67. The minimum Gasteiger partial charge on any atom is -0.486 e. The molecule has 28 heavy (non-hydrogen) atoms. The molecule has 8 heteroatoms. The summed E-state index contributed by atoms with van der Waals surface area (Å²) in [6, 6.07) is 13.1.